The predicted molar refractivity (Wildman–Crippen MR) is 128 cm³/mol. The molecule has 0 radical (unpaired) electrons. The van der Waals surface area contributed by atoms with Gasteiger partial charge in [0, 0.05) is 50.6 Å². The molecular formula is C26H32N4O3. The smallest absolute Gasteiger partial charge is 0.222 e. The second-order valence-corrected chi connectivity index (χ2v) is 9.07. The van der Waals surface area contributed by atoms with E-state index in [0.29, 0.717) is 32.2 Å². The number of benzene rings is 2. The quantitative estimate of drug-likeness (QED) is 0.545. The molecule has 2 amide bonds. The molecule has 1 aliphatic rings. The molecule has 2 aromatic carbocycles. The molecule has 1 saturated heterocycles. The summed E-state index contributed by atoms with van der Waals surface area (Å²) in [4.78, 5) is 26.9. The highest BCUT2D eigenvalue weighted by atomic mass is 16.5. The third-order valence-corrected chi connectivity index (χ3v) is 6.70. The van der Waals surface area contributed by atoms with Gasteiger partial charge in [-0.15, -0.1) is 0 Å². The van der Waals surface area contributed by atoms with Gasteiger partial charge in [-0.1, -0.05) is 30.3 Å². The maximum Gasteiger partial charge on any atom is 0.222 e. The molecule has 33 heavy (non-hydrogen) atoms. The molecule has 0 saturated carbocycles. The largest absolute Gasteiger partial charge is 0.496 e. The number of amides is 2. The van der Waals surface area contributed by atoms with Crippen LogP contribution >= 0.6 is 0 Å². The summed E-state index contributed by atoms with van der Waals surface area (Å²) in [7, 11) is 5.41. The molecule has 1 N–H and O–H groups in total. The van der Waals surface area contributed by atoms with Gasteiger partial charge in [-0.2, -0.15) is 5.10 Å². The van der Waals surface area contributed by atoms with Gasteiger partial charge < -0.3 is 15.0 Å². The molecule has 7 nitrogen and oxygen atoms in total. The first-order chi connectivity index (χ1) is 15.9. The van der Waals surface area contributed by atoms with Crippen molar-refractivity contribution in [3.8, 4) is 5.75 Å². The molecule has 0 bridgehead atoms. The SMILES string of the molecule is COc1ccc(CC2(CCC(=O)N(C)CCc3cnn(C)c3)CCC(=O)N2)c2ccccc12. The Hall–Kier alpha value is -3.35. The third kappa shape index (κ3) is 5.18. The lowest BCUT2D eigenvalue weighted by atomic mass is 9.83. The standard InChI is InChI=1S/C26H32N4O3/c1-29(15-12-19-17-27-30(2)18-19)25(32)11-14-26(13-10-24(31)28-26)16-20-8-9-23(33-3)22-7-5-4-6-21(20)22/h4-9,17-18H,10-16H2,1-3H3,(H,28,31). The van der Waals surface area contributed by atoms with Crippen molar-refractivity contribution >= 4 is 22.6 Å². The zero-order valence-electron chi connectivity index (χ0n) is 19.6. The van der Waals surface area contributed by atoms with Crippen LogP contribution in [0.2, 0.25) is 0 Å². The number of nitrogens with one attached hydrogen (secondary N) is 1. The zero-order valence-corrected chi connectivity index (χ0v) is 19.6. The van der Waals surface area contributed by atoms with E-state index in [1.165, 1.54) is 0 Å². The highest BCUT2D eigenvalue weighted by molar-refractivity contribution is 5.91. The van der Waals surface area contributed by atoms with Crippen LogP contribution in [0.5, 0.6) is 5.75 Å². The van der Waals surface area contributed by atoms with Crippen LogP contribution in [0.3, 0.4) is 0 Å². The Morgan fingerprint density at radius 2 is 2.03 bits per heavy atom. The van der Waals surface area contributed by atoms with E-state index >= 15 is 0 Å². The zero-order chi connectivity index (χ0) is 23.4. The molecule has 174 valence electrons. The Morgan fingerprint density at radius 3 is 2.70 bits per heavy atom. The number of nitrogens with zero attached hydrogens (tertiary/aromatic N) is 3. The number of aromatic nitrogens is 2. The molecule has 1 fully saturated rings. The summed E-state index contributed by atoms with van der Waals surface area (Å²) in [6.07, 6.45) is 7.53. The van der Waals surface area contributed by atoms with Crippen molar-refractivity contribution in [3.05, 3.63) is 59.9 Å². The van der Waals surface area contributed by atoms with E-state index in [0.717, 1.165) is 40.5 Å². The Bertz CT molecular complexity index is 1160. The molecule has 1 atom stereocenters. The van der Waals surface area contributed by atoms with Crippen LogP contribution in [0.4, 0.5) is 0 Å². The third-order valence-electron chi connectivity index (χ3n) is 6.70. The van der Waals surface area contributed by atoms with Gasteiger partial charge in [0.05, 0.1) is 13.3 Å². The monoisotopic (exact) mass is 448 g/mol. The minimum atomic E-state index is -0.408. The van der Waals surface area contributed by atoms with E-state index in [2.05, 4.69) is 28.6 Å². The van der Waals surface area contributed by atoms with Crippen LogP contribution in [-0.4, -0.2) is 52.7 Å². The van der Waals surface area contributed by atoms with Crippen LogP contribution in [0, 0.1) is 0 Å². The molecule has 2 heterocycles. The first-order valence-corrected chi connectivity index (χ1v) is 11.5. The van der Waals surface area contributed by atoms with Gasteiger partial charge in [-0.3, -0.25) is 14.3 Å². The fourth-order valence-corrected chi connectivity index (χ4v) is 4.77. The minimum absolute atomic E-state index is 0.0604. The van der Waals surface area contributed by atoms with E-state index in [-0.39, 0.29) is 11.8 Å². The first-order valence-electron chi connectivity index (χ1n) is 11.5. The van der Waals surface area contributed by atoms with Gasteiger partial charge in [0.25, 0.3) is 0 Å². The molecule has 0 spiro atoms. The molecular weight excluding hydrogens is 416 g/mol. The van der Waals surface area contributed by atoms with Crippen molar-refractivity contribution in [1.82, 2.24) is 20.0 Å². The molecule has 0 aliphatic carbocycles. The second-order valence-electron chi connectivity index (χ2n) is 9.07. The normalized spacial score (nSPS) is 17.8. The van der Waals surface area contributed by atoms with Crippen molar-refractivity contribution < 1.29 is 14.3 Å². The average molecular weight is 449 g/mol. The molecule has 1 aromatic heterocycles. The van der Waals surface area contributed by atoms with Crippen LogP contribution in [0.15, 0.2) is 48.8 Å². The molecule has 4 rings (SSSR count). The number of fused-ring (bicyclic) bond motifs is 1. The fraction of sp³-hybridized carbons (Fsp3) is 0.423. The highest BCUT2D eigenvalue weighted by Gasteiger charge is 2.38. The number of hydrogen-bond acceptors (Lipinski definition) is 4. The predicted octanol–water partition coefficient (Wildman–Crippen LogP) is 3.25. The number of likely N-dealkylation sites (N-methyl/N-ethyl adjacent to an activating group) is 1. The van der Waals surface area contributed by atoms with Crippen LogP contribution in [0.1, 0.15) is 36.8 Å². The summed E-state index contributed by atoms with van der Waals surface area (Å²) >= 11 is 0. The number of carbonyl (C=O) groups is 2. The van der Waals surface area contributed by atoms with Crippen LogP contribution in [-0.2, 0) is 29.5 Å². The van der Waals surface area contributed by atoms with Crippen LogP contribution < -0.4 is 10.1 Å². The second kappa shape index (κ2) is 9.65. The number of hydrogen-bond donors (Lipinski definition) is 1. The molecule has 1 unspecified atom stereocenters. The Labute approximate surface area is 194 Å². The number of rotatable bonds is 9. The lowest BCUT2D eigenvalue weighted by Crippen LogP contribution is -2.44. The van der Waals surface area contributed by atoms with Gasteiger partial charge in [-0.05, 0) is 48.3 Å². The van der Waals surface area contributed by atoms with Gasteiger partial charge in [0.2, 0.25) is 11.8 Å². The topological polar surface area (TPSA) is 76.5 Å². The first kappa shape index (κ1) is 22.8. The summed E-state index contributed by atoms with van der Waals surface area (Å²) < 4.78 is 7.30. The molecule has 1 aliphatic heterocycles. The van der Waals surface area contributed by atoms with E-state index in [1.54, 1.807) is 16.7 Å². The molecule has 7 heteroatoms. The highest BCUT2D eigenvalue weighted by Crippen LogP contribution is 2.35. The van der Waals surface area contributed by atoms with Gasteiger partial charge in [0.15, 0.2) is 0 Å². The number of carbonyl (C=O) groups excluding carboxylic acids is 2. The van der Waals surface area contributed by atoms with Gasteiger partial charge in [-0.25, -0.2) is 0 Å². The van der Waals surface area contributed by atoms with E-state index in [4.69, 9.17) is 4.74 Å². The number of methoxy groups -OCH3 is 1. The lowest BCUT2D eigenvalue weighted by Gasteiger charge is -2.31. The number of ether oxygens (including phenoxy) is 1. The fourth-order valence-electron chi connectivity index (χ4n) is 4.77. The minimum Gasteiger partial charge on any atom is -0.496 e. The Kier molecular flexibility index (Phi) is 6.67. The van der Waals surface area contributed by atoms with Crippen molar-refractivity contribution in [3.63, 3.8) is 0 Å². The maximum atomic E-state index is 12.9. The Balaban J connectivity index is 1.45. The lowest BCUT2D eigenvalue weighted by molar-refractivity contribution is -0.130. The summed E-state index contributed by atoms with van der Waals surface area (Å²) in [6.45, 7) is 0.646. The van der Waals surface area contributed by atoms with E-state index in [1.807, 2.05) is 44.7 Å². The Morgan fingerprint density at radius 1 is 1.24 bits per heavy atom. The number of aryl methyl sites for hydroxylation is 1. The van der Waals surface area contributed by atoms with E-state index < -0.39 is 5.54 Å². The summed E-state index contributed by atoms with van der Waals surface area (Å²) in [6, 6.07) is 12.2. The average Bonchev–Trinajstić information content (AvgIpc) is 3.41. The van der Waals surface area contributed by atoms with Crippen molar-refractivity contribution in [1.29, 1.82) is 0 Å². The van der Waals surface area contributed by atoms with Crippen molar-refractivity contribution in [2.75, 3.05) is 20.7 Å². The van der Waals surface area contributed by atoms with Crippen molar-refractivity contribution in [2.45, 2.75) is 44.1 Å². The van der Waals surface area contributed by atoms with E-state index in [9.17, 15) is 9.59 Å². The molecule has 3 aromatic rings. The van der Waals surface area contributed by atoms with Crippen LogP contribution in [0.25, 0.3) is 10.8 Å². The summed E-state index contributed by atoms with van der Waals surface area (Å²) in [5, 5.41) is 9.57. The van der Waals surface area contributed by atoms with Crippen molar-refractivity contribution in [2.24, 2.45) is 7.05 Å². The summed E-state index contributed by atoms with van der Waals surface area (Å²) in [5.74, 6) is 0.994. The maximum absolute atomic E-state index is 12.9. The summed E-state index contributed by atoms with van der Waals surface area (Å²) in [5.41, 5.74) is 1.86. The van der Waals surface area contributed by atoms with Gasteiger partial charge >= 0.3 is 0 Å². The van der Waals surface area contributed by atoms with Gasteiger partial charge in [0.1, 0.15) is 5.75 Å².